The Kier molecular flexibility index (Phi) is 3.71. The third-order valence-corrected chi connectivity index (χ3v) is 3.54. The van der Waals surface area contributed by atoms with Crippen molar-refractivity contribution in [1.82, 2.24) is 4.57 Å². The van der Waals surface area contributed by atoms with Gasteiger partial charge in [-0.25, -0.2) is 0 Å². The number of halogens is 4. The summed E-state index contributed by atoms with van der Waals surface area (Å²) in [6.07, 6.45) is -4.45. The first-order chi connectivity index (χ1) is 10.5. The van der Waals surface area contributed by atoms with Crippen LogP contribution in [-0.4, -0.2) is 4.57 Å². The van der Waals surface area contributed by atoms with Gasteiger partial charge in [-0.1, -0.05) is 48.0 Å². The largest absolute Gasteiger partial charge is 0.431 e. The molecule has 0 saturated carbocycles. The first-order valence-corrected chi connectivity index (χ1v) is 6.95. The quantitative estimate of drug-likeness (QED) is 0.560. The molecule has 0 fully saturated rings. The Hall–Kier alpha value is -2.20. The Morgan fingerprint density at radius 1 is 0.818 bits per heavy atom. The van der Waals surface area contributed by atoms with Crippen molar-refractivity contribution in [3.8, 4) is 16.9 Å². The molecule has 0 bridgehead atoms. The molecule has 0 spiro atoms. The van der Waals surface area contributed by atoms with Gasteiger partial charge in [0.15, 0.2) is 0 Å². The van der Waals surface area contributed by atoms with E-state index in [9.17, 15) is 13.2 Å². The van der Waals surface area contributed by atoms with Crippen molar-refractivity contribution in [1.29, 1.82) is 0 Å². The van der Waals surface area contributed by atoms with E-state index < -0.39 is 11.9 Å². The van der Waals surface area contributed by atoms with E-state index in [0.717, 1.165) is 6.07 Å². The summed E-state index contributed by atoms with van der Waals surface area (Å²) in [6, 6.07) is 17.9. The summed E-state index contributed by atoms with van der Waals surface area (Å²) in [5.41, 5.74) is 0.825. The van der Waals surface area contributed by atoms with Gasteiger partial charge in [-0.3, -0.25) is 0 Å². The van der Waals surface area contributed by atoms with Crippen LogP contribution in [0, 0.1) is 0 Å². The van der Waals surface area contributed by atoms with Gasteiger partial charge in [0.1, 0.15) is 5.69 Å². The van der Waals surface area contributed by atoms with Crippen LogP contribution in [0.1, 0.15) is 5.69 Å². The van der Waals surface area contributed by atoms with E-state index in [-0.39, 0.29) is 0 Å². The van der Waals surface area contributed by atoms with E-state index >= 15 is 0 Å². The zero-order valence-electron chi connectivity index (χ0n) is 11.3. The van der Waals surface area contributed by atoms with Crippen LogP contribution < -0.4 is 0 Å². The predicted molar refractivity (Wildman–Crippen MR) is 81.2 cm³/mol. The molecule has 22 heavy (non-hydrogen) atoms. The molecule has 112 valence electrons. The molecule has 0 aliphatic heterocycles. The summed E-state index contributed by atoms with van der Waals surface area (Å²) in [4.78, 5) is 0. The number of benzene rings is 2. The molecule has 1 nitrogen and oxygen atoms in total. The first kappa shape index (κ1) is 14.7. The minimum Gasteiger partial charge on any atom is -0.305 e. The Morgan fingerprint density at radius 2 is 1.55 bits per heavy atom. The van der Waals surface area contributed by atoms with Crippen molar-refractivity contribution in [3.05, 3.63) is 77.4 Å². The average molecular weight is 322 g/mol. The molecule has 0 unspecified atom stereocenters. The van der Waals surface area contributed by atoms with Gasteiger partial charge in [-0.2, -0.15) is 13.2 Å². The molecular weight excluding hydrogens is 311 g/mol. The topological polar surface area (TPSA) is 4.93 Å². The van der Waals surface area contributed by atoms with Crippen molar-refractivity contribution in [2.24, 2.45) is 0 Å². The molecule has 0 aliphatic rings. The lowest BCUT2D eigenvalue weighted by atomic mass is 10.1. The maximum Gasteiger partial charge on any atom is 0.431 e. The lowest BCUT2D eigenvalue weighted by molar-refractivity contribution is -0.142. The second kappa shape index (κ2) is 5.54. The molecule has 1 heterocycles. The minimum absolute atomic E-state index is 0.378. The molecule has 2 aromatic carbocycles. The van der Waals surface area contributed by atoms with Gasteiger partial charge < -0.3 is 4.57 Å². The summed E-state index contributed by atoms with van der Waals surface area (Å²) >= 11 is 5.93. The van der Waals surface area contributed by atoms with E-state index in [1.807, 2.05) is 6.07 Å². The standard InChI is InChI=1S/C17H11ClF3N/c18-13-7-4-8-14(11-13)22-15(12-5-2-1-3-6-12)9-10-16(22)17(19,20)21/h1-11H. The van der Waals surface area contributed by atoms with Gasteiger partial charge in [-0.15, -0.1) is 0 Å². The van der Waals surface area contributed by atoms with E-state index in [2.05, 4.69) is 0 Å². The van der Waals surface area contributed by atoms with Crippen LogP contribution >= 0.6 is 11.6 Å². The molecule has 0 saturated heterocycles. The Bertz CT molecular complexity index is 791. The van der Waals surface area contributed by atoms with Gasteiger partial charge in [0.25, 0.3) is 0 Å². The molecule has 1 aromatic heterocycles. The maximum atomic E-state index is 13.3. The van der Waals surface area contributed by atoms with Gasteiger partial charge >= 0.3 is 6.18 Å². The minimum atomic E-state index is -4.45. The maximum absolute atomic E-state index is 13.3. The van der Waals surface area contributed by atoms with Crippen molar-refractivity contribution in [2.75, 3.05) is 0 Å². The molecular formula is C17H11ClF3N. The second-order valence-electron chi connectivity index (χ2n) is 4.78. The molecule has 0 radical (unpaired) electrons. The zero-order valence-corrected chi connectivity index (χ0v) is 12.1. The van der Waals surface area contributed by atoms with E-state index in [4.69, 9.17) is 11.6 Å². The van der Waals surface area contributed by atoms with Crippen LogP contribution in [0.15, 0.2) is 66.7 Å². The summed E-state index contributed by atoms with van der Waals surface area (Å²) in [5.74, 6) is 0. The lowest BCUT2D eigenvalue weighted by Crippen LogP contribution is -2.13. The van der Waals surface area contributed by atoms with Crippen LogP contribution in [0.5, 0.6) is 0 Å². The molecule has 0 amide bonds. The monoisotopic (exact) mass is 321 g/mol. The van der Waals surface area contributed by atoms with Gasteiger partial charge in [0.2, 0.25) is 0 Å². The highest BCUT2D eigenvalue weighted by Gasteiger charge is 2.35. The molecule has 3 rings (SSSR count). The lowest BCUT2D eigenvalue weighted by Gasteiger charge is -2.16. The van der Waals surface area contributed by atoms with Crippen molar-refractivity contribution in [3.63, 3.8) is 0 Å². The zero-order chi connectivity index (χ0) is 15.7. The highest BCUT2D eigenvalue weighted by molar-refractivity contribution is 6.30. The van der Waals surface area contributed by atoms with Crippen LogP contribution in [0.25, 0.3) is 16.9 Å². The van der Waals surface area contributed by atoms with Gasteiger partial charge in [-0.05, 0) is 35.9 Å². The fourth-order valence-corrected chi connectivity index (χ4v) is 2.57. The SMILES string of the molecule is FC(F)(F)c1ccc(-c2ccccc2)n1-c1cccc(Cl)c1. The van der Waals surface area contributed by atoms with Crippen LogP contribution in [-0.2, 0) is 6.18 Å². The molecule has 0 N–H and O–H groups in total. The molecule has 0 atom stereocenters. The molecule has 5 heteroatoms. The van der Waals surface area contributed by atoms with Gasteiger partial charge in [0.05, 0.1) is 5.69 Å². The predicted octanol–water partition coefficient (Wildman–Crippen LogP) is 5.82. The third kappa shape index (κ3) is 2.74. The summed E-state index contributed by atoms with van der Waals surface area (Å²) in [7, 11) is 0. The van der Waals surface area contributed by atoms with E-state index in [1.165, 1.54) is 16.7 Å². The fourth-order valence-electron chi connectivity index (χ4n) is 2.39. The van der Waals surface area contributed by atoms with Crippen molar-refractivity contribution < 1.29 is 13.2 Å². The summed E-state index contributed by atoms with van der Waals surface area (Å²) in [5, 5.41) is 0.387. The molecule has 3 aromatic rings. The summed E-state index contributed by atoms with van der Waals surface area (Å²) < 4.78 is 41.1. The number of hydrogen-bond acceptors (Lipinski definition) is 0. The normalized spacial score (nSPS) is 11.6. The number of rotatable bonds is 2. The van der Waals surface area contributed by atoms with Gasteiger partial charge in [0, 0.05) is 10.7 Å². The highest BCUT2D eigenvalue weighted by atomic mass is 35.5. The molecule has 0 aliphatic carbocycles. The number of aromatic nitrogens is 1. The fraction of sp³-hybridized carbons (Fsp3) is 0.0588. The number of hydrogen-bond donors (Lipinski definition) is 0. The van der Waals surface area contributed by atoms with Crippen LogP contribution in [0.3, 0.4) is 0 Å². The Balaban J connectivity index is 2.27. The van der Waals surface area contributed by atoms with Crippen molar-refractivity contribution in [2.45, 2.75) is 6.18 Å². The third-order valence-electron chi connectivity index (χ3n) is 3.31. The Labute approximate surface area is 130 Å². The Morgan fingerprint density at radius 3 is 2.18 bits per heavy atom. The smallest absolute Gasteiger partial charge is 0.305 e. The van der Waals surface area contributed by atoms with Crippen LogP contribution in [0.2, 0.25) is 5.02 Å². The average Bonchev–Trinajstić information content (AvgIpc) is 2.93. The summed E-state index contributed by atoms with van der Waals surface area (Å²) in [6.45, 7) is 0. The number of nitrogens with zero attached hydrogens (tertiary/aromatic N) is 1. The van der Waals surface area contributed by atoms with E-state index in [0.29, 0.717) is 22.0 Å². The number of alkyl halides is 3. The van der Waals surface area contributed by atoms with E-state index in [1.54, 1.807) is 42.5 Å². The van der Waals surface area contributed by atoms with Crippen LogP contribution in [0.4, 0.5) is 13.2 Å². The van der Waals surface area contributed by atoms with Crippen molar-refractivity contribution >= 4 is 11.6 Å². The first-order valence-electron chi connectivity index (χ1n) is 6.57. The highest BCUT2D eigenvalue weighted by Crippen LogP contribution is 2.36. The second-order valence-corrected chi connectivity index (χ2v) is 5.22.